The summed E-state index contributed by atoms with van der Waals surface area (Å²) in [4.78, 5) is 30.2. The van der Waals surface area contributed by atoms with Crippen LogP contribution in [0.4, 0.5) is 0 Å². The summed E-state index contributed by atoms with van der Waals surface area (Å²) in [7, 11) is 1.56. The van der Waals surface area contributed by atoms with Gasteiger partial charge in [0.25, 0.3) is 0 Å². The van der Waals surface area contributed by atoms with Crippen LogP contribution in [0.25, 0.3) is 16.7 Å². The van der Waals surface area contributed by atoms with Gasteiger partial charge in [0.1, 0.15) is 0 Å². The van der Waals surface area contributed by atoms with E-state index in [1.807, 2.05) is 30.3 Å². The normalized spacial score (nSPS) is 12.1. The molecule has 0 spiro atoms. The van der Waals surface area contributed by atoms with E-state index in [0.717, 1.165) is 11.1 Å². The molecule has 0 saturated heterocycles. The van der Waals surface area contributed by atoms with E-state index in [1.54, 1.807) is 37.5 Å². The van der Waals surface area contributed by atoms with Gasteiger partial charge in [-0.15, -0.1) is 0 Å². The molecular formula is C19H18N4O2. The van der Waals surface area contributed by atoms with Gasteiger partial charge in [-0.25, -0.2) is 0 Å². The van der Waals surface area contributed by atoms with Crippen LogP contribution in [0.1, 0.15) is 11.1 Å². The highest BCUT2D eigenvalue weighted by Crippen LogP contribution is 2.15. The monoisotopic (exact) mass is 334 g/mol. The maximum Gasteiger partial charge on any atom is 0.316 e. The van der Waals surface area contributed by atoms with Gasteiger partial charge in [0.15, 0.2) is 0 Å². The maximum absolute atomic E-state index is 11.8. The van der Waals surface area contributed by atoms with E-state index in [1.165, 1.54) is 4.57 Å². The van der Waals surface area contributed by atoms with Crippen LogP contribution in [-0.4, -0.2) is 15.8 Å². The zero-order chi connectivity index (χ0) is 17.8. The summed E-state index contributed by atoms with van der Waals surface area (Å²) in [5.41, 5.74) is 8.45. The second kappa shape index (κ2) is 7.00. The van der Waals surface area contributed by atoms with Crippen molar-refractivity contribution >= 4 is 22.9 Å². The summed E-state index contributed by atoms with van der Waals surface area (Å²) >= 11 is 0. The molecule has 0 atom stereocenters. The van der Waals surface area contributed by atoms with Crippen LogP contribution in [0.5, 0.6) is 0 Å². The van der Waals surface area contributed by atoms with Crippen LogP contribution in [0.2, 0.25) is 0 Å². The van der Waals surface area contributed by atoms with Crippen molar-refractivity contribution < 1.29 is 0 Å². The van der Waals surface area contributed by atoms with Gasteiger partial charge in [0, 0.05) is 19.0 Å². The van der Waals surface area contributed by atoms with Gasteiger partial charge in [-0.2, -0.15) is 0 Å². The molecule has 0 fully saturated rings. The minimum absolute atomic E-state index is 0.525. The number of benzene rings is 2. The molecule has 1 aromatic heterocycles. The summed E-state index contributed by atoms with van der Waals surface area (Å²) in [6.07, 6.45) is 3.38. The zero-order valence-corrected chi connectivity index (χ0v) is 13.8. The van der Waals surface area contributed by atoms with Crippen LogP contribution in [-0.2, 0) is 13.6 Å². The van der Waals surface area contributed by atoms with Gasteiger partial charge < -0.3 is 15.3 Å². The second-order valence-electron chi connectivity index (χ2n) is 5.65. The minimum atomic E-state index is -0.640. The van der Waals surface area contributed by atoms with Crippen molar-refractivity contribution in [2.24, 2.45) is 17.8 Å². The highest BCUT2D eigenvalue weighted by atomic mass is 16.2. The Morgan fingerprint density at radius 2 is 1.96 bits per heavy atom. The second-order valence-corrected chi connectivity index (χ2v) is 5.65. The summed E-state index contributed by atoms with van der Waals surface area (Å²) < 4.78 is 1.31. The average Bonchev–Trinajstić information content (AvgIpc) is 2.64. The van der Waals surface area contributed by atoms with E-state index in [-0.39, 0.29) is 0 Å². The lowest BCUT2D eigenvalue weighted by molar-refractivity contribution is 0.873. The number of rotatable bonds is 4. The molecule has 6 heteroatoms. The molecule has 126 valence electrons. The third-order valence-electron chi connectivity index (χ3n) is 3.92. The van der Waals surface area contributed by atoms with Crippen LogP contribution < -0.4 is 16.9 Å². The number of nitrogens with zero attached hydrogens (tertiary/aromatic N) is 2. The molecule has 3 rings (SSSR count). The Morgan fingerprint density at radius 1 is 1.20 bits per heavy atom. The largest absolute Gasteiger partial charge is 0.398 e. The third kappa shape index (κ3) is 3.58. The highest BCUT2D eigenvalue weighted by Gasteiger charge is 2.06. The van der Waals surface area contributed by atoms with Gasteiger partial charge in [0.05, 0.1) is 17.6 Å². The van der Waals surface area contributed by atoms with Crippen molar-refractivity contribution in [3.05, 3.63) is 86.4 Å². The molecule has 0 unspecified atom stereocenters. The van der Waals surface area contributed by atoms with E-state index in [2.05, 4.69) is 9.98 Å². The molecule has 1 heterocycles. The Labute approximate surface area is 144 Å². The van der Waals surface area contributed by atoms with Gasteiger partial charge in [-0.1, -0.05) is 36.4 Å². The van der Waals surface area contributed by atoms with Crippen molar-refractivity contribution in [2.45, 2.75) is 6.54 Å². The number of nitrogens with one attached hydrogen (secondary N) is 1. The first-order chi connectivity index (χ1) is 12.1. The lowest BCUT2D eigenvalue weighted by Gasteiger charge is -2.07. The first-order valence-corrected chi connectivity index (χ1v) is 7.79. The number of aryl methyl sites for hydroxylation is 1. The Morgan fingerprint density at radius 3 is 2.72 bits per heavy atom. The molecule has 3 aromatic rings. The lowest BCUT2D eigenvalue weighted by Crippen LogP contribution is -2.34. The molecule has 0 aliphatic rings. The number of allylic oxidation sites excluding steroid dienone is 1. The average molecular weight is 334 g/mol. The van der Waals surface area contributed by atoms with Gasteiger partial charge in [-0.05, 0) is 29.3 Å². The lowest BCUT2D eigenvalue weighted by atomic mass is 10.1. The summed E-state index contributed by atoms with van der Waals surface area (Å²) in [6, 6.07) is 15.2. The topological polar surface area (TPSA) is 93.2 Å². The fraction of sp³-hybridized carbons (Fsp3) is 0.105. The summed E-state index contributed by atoms with van der Waals surface area (Å²) in [6.45, 7) is 0.581. The Kier molecular flexibility index (Phi) is 4.61. The summed E-state index contributed by atoms with van der Waals surface area (Å²) in [5, 5.41) is 0. The molecule has 0 amide bonds. The molecule has 0 aliphatic carbocycles. The molecule has 6 nitrogen and oxygen atoms in total. The number of fused-ring (bicyclic) bond motifs is 1. The van der Waals surface area contributed by atoms with Gasteiger partial charge in [0.2, 0.25) is 0 Å². The first kappa shape index (κ1) is 16.4. The molecule has 25 heavy (non-hydrogen) atoms. The molecule has 0 radical (unpaired) electrons. The van der Waals surface area contributed by atoms with Crippen LogP contribution >= 0.6 is 0 Å². The number of hydrogen-bond acceptors (Lipinski definition) is 4. The SMILES string of the molecule is Cn1c(=O)c(=O)[nH]c2ccc(C(N)=CC=NCc3ccccc3)cc21. The molecule has 3 N–H and O–H groups in total. The quantitative estimate of drug-likeness (QED) is 0.563. The molecular weight excluding hydrogens is 316 g/mol. The highest BCUT2D eigenvalue weighted by molar-refractivity contribution is 5.86. The zero-order valence-electron chi connectivity index (χ0n) is 13.8. The Balaban J connectivity index is 1.85. The van der Waals surface area contributed by atoms with Gasteiger partial charge >= 0.3 is 11.1 Å². The molecule has 0 aliphatic heterocycles. The third-order valence-corrected chi connectivity index (χ3v) is 3.92. The van der Waals surface area contributed by atoms with Gasteiger partial charge in [-0.3, -0.25) is 14.6 Å². The predicted octanol–water partition coefficient (Wildman–Crippen LogP) is 1.80. The predicted molar refractivity (Wildman–Crippen MR) is 101 cm³/mol. The Bertz CT molecular complexity index is 1080. The molecule has 2 aromatic carbocycles. The number of H-pyrrole nitrogens is 1. The van der Waals surface area contributed by atoms with E-state index >= 15 is 0 Å². The number of aromatic amines is 1. The number of aliphatic imine (C=N–C) groups is 1. The number of nitrogens with two attached hydrogens (primary N) is 1. The Hall–Kier alpha value is -3.41. The van der Waals surface area contributed by atoms with Crippen molar-refractivity contribution in [1.29, 1.82) is 0 Å². The van der Waals surface area contributed by atoms with E-state index in [4.69, 9.17) is 5.73 Å². The van der Waals surface area contributed by atoms with E-state index in [0.29, 0.717) is 23.3 Å². The first-order valence-electron chi connectivity index (χ1n) is 7.79. The molecule has 0 saturated carbocycles. The standard InChI is InChI=1S/C19H18N4O2/c1-23-17-11-14(7-8-16(17)22-18(24)19(23)25)15(20)9-10-21-12-13-5-3-2-4-6-13/h2-11H,12,20H2,1H3,(H,22,24). The van der Waals surface area contributed by atoms with Crippen LogP contribution in [0.15, 0.2) is 69.2 Å². The van der Waals surface area contributed by atoms with Crippen LogP contribution in [0, 0.1) is 0 Å². The molecule has 0 bridgehead atoms. The van der Waals surface area contributed by atoms with Crippen LogP contribution in [0.3, 0.4) is 0 Å². The maximum atomic E-state index is 11.8. The van der Waals surface area contributed by atoms with E-state index < -0.39 is 11.1 Å². The van der Waals surface area contributed by atoms with Crippen molar-refractivity contribution in [3.63, 3.8) is 0 Å². The smallest absolute Gasteiger partial charge is 0.316 e. The number of hydrogen-bond donors (Lipinski definition) is 2. The van der Waals surface area contributed by atoms with Crippen molar-refractivity contribution in [3.8, 4) is 0 Å². The van der Waals surface area contributed by atoms with Crippen molar-refractivity contribution in [2.75, 3.05) is 0 Å². The summed E-state index contributed by atoms with van der Waals surface area (Å²) in [5.74, 6) is 0. The van der Waals surface area contributed by atoms with Crippen molar-refractivity contribution in [1.82, 2.24) is 9.55 Å². The van der Waals surface area contributed by atoms with E-state index in [9.17, 15) is 9.59 Å². The fourth-order valence-corrected chi connectivity index (χ4v) is 2.50. The minimum Gasteiger partial charge on any atom is -0.398 e. The number of aromatic nitrogens is 2. The fourth-order valence-electron chi connectivity index (χ4n) is 2.50.